The van der Waals surface area contributed by atoms with Gasteiger partial charge in [-0.3, -0.25) is 0 Å². The van der Waals surface area contributed by atoms with Gasteiger partial charge in [0, 0.05) is 6.04 Å². The molecule has 0 aliphatic rings. The number of benzene rings is 1. The van der Waals surface area contributed by atoms with E-state index < -0.39 is 0 Å². The largest absolute Gasteiger partial charge is 0.497 e. The lowest BCUT2D eigenvalue weighted by Crippen LogP contribution is -2.33. The molecule has 1 N–H and O–H groups in total. The Morgan fingerprint density at radius 2 is 1.82 bits per heavy atom. The fourth-order valence-electron chi connectivity index (χ4n) is 1.60. The Morgan fingerprint density at radius 1 is 1.18 bits per heavy atom. The molecular formula is C14H23NO2. The van der Waals surface area contributed by atoms with E-state index in [1.165, 1.54) is 5.56 Å². The molecule has 1 unspecified atom stereocenters. The van der Waals surface area contributed by atoms with Crippen LogP contribution in [0.5, 0.6) is 5.75 Å². The van der Waals surface area contributed by atoms with E-state index in [2.05, 4.69) is 31.3 Å². The van der Waals surface area contributed by atoms with Gasteiger partial charge >= 0.3 is 0 Å². The molecule has 0 aromatic heterocycles. The highest BCUT2D eigenvalue weighted by Crippen LogP contribution is 2.12. The number of ether oxygens (including phenoxy) is 2. The zero-order chi connectivity index (χ0) is 12.7. The maximum atomic E-state index is 5.62. The lowest BCUT2D eigenvalue weighted by atomic mass is 10.1. The van der Waals surface area contributed by atoms with E-state index in [0.717, 1.165) is 18.8 Å². The van der Waals surface area contributed by atoms with Gasteiger partial charge in [0.2, 0.25) is 0 Å². The first-order chi connectivity index (χ1) is 8.15. The zero-order valence-corrected chi connectivity index (χ0v) is 11.2. The predicted octanol–water partition coefficient (Wildman–Crippen LogP) is 2.25. The van der Waals surface area contributed by atoms with Crippen molar-refractivity contribution in [2.75, 3.05) is 20.8 Å². The molecule has 0 spiro atoms. The molecule has 1 rings (SSSR count). The van der Waals surface area contributed by atoms with Crippen LogP contribution in [0.3, 0.4) is 0 Å². The lowest BCUT2D eigenvalue weighted by molar-refractivity contribution is 0.0628. The third-order valence-corrected chi connectivity index (χ3v) is 2.68. The van der Waals surface area contributed by atoms with E-state index in [4.69, 9.17) is 9.47 Å². The fourth-order valence-corrected chi connectivity index (χ4v) is 1.60. The average molecular weight is 237 g/mol. The second kappa shape index (κ2) is 7.30. The third-order valence-electron chi connectivity index (χ3n) is 2.68. The van der Waals surface area contributed by atoms with Gasteiger partial charge in [0.25, 0.3) is 0 Å². The second-order valence-corrected chi connectivity index (χ2v) is 4.42. The Labute approximate surface area is 104 Å². The van der Waals surface area contributed by atoms with E-state index >= 15 is 0 Å². The van der Waals surface area contributed by atoms with Gasteiger partial charge in [-0.2, -0.15) is 0 Å². The van der Waals surface area contributed by atoms with E-state index in [1.807, 2.05) is 19.2 Å². The van der Waals surface area contributed by atoms with Crippen LogP contribution in [-0.2, 0) is 11.2 Å². The van der Waals surface area contributed by atoms with Crippen molar-refractivity contribution in [3.8, 4) is 5.75 Å². The number of rotatable bonds is 7. The van der Waals surface area contributed by atoms with Crippen molar-refractivity contribution in [1.29, 1.82) is 0 Å². The van der Waals surface area contributed by atoms with E-state index in [9.17, 15) is 0 Å². The Kier molecular flexibility index (Phi) is 6.01. The molecule has 0 saturated heterocycles. The zero-order valence-electron chi connectivity index (χ0n) is 11.2. The van der Waals surface area contributed by atoms with Gasteiger partial charge in [0.15, 0.2) is 0 Å². The minimum atomic E-state index is 0.279. The molecule has 17 heavy (non-hydrogen) atoms. The standard InChI is InChI=1S/C14H23NO2/c1-11(2)17-10-13(15-3)9-12-5-7-14(16-4)8-6-12/h5-8,11,13,15H,9-10H2,1-4H3. The molecule has 0 fully saturated rings. The summed E-state index contributed by atoms with van der Waals surface area (Å²) in [5, 5.41) is 3.28. The Morgan fingerprint density at radius 3 is 2.29 bits per heavy atom. The van der Waals surface area contributed by atoms with Crippen LogP contribution in [0.15, 0.2) is 24.3 Å². The fraction of sp³-hybridized carbons (Fsp3) is 0.571. The quantitative estimate of drug-likeness (QED) is 0.789. The monoisotopic (exact) mass is 237 g/mol. The topological polar surface area (TPSA) is 30.5 Å². The minimum Gasteiger partial charge on any atom is -0.497 e. The summed E-state index contributed by atoms with van der Waals surface area (Å²) in [6.07, 6.45) is 1.24. The molecule has 0 bridgehead atoms. The van der Waals surface area contributed by atoms with E-state index in [1.54, 1.807) is 7.11 Å². The van der Waals surface area contributed by atoms with Crippen molar-refractivity contribution in [2.45, 2.75) is 32.4 Å². The number of hydrogen-bond donors (Lipinski definition) is 1. The number of likely N-dealkylation sites (N-methyl/N-ethyl adjacent to an activating group) is 1. The molecule has 0 aliphatic carbocycles. The summed E-state index contributed by atoms with van der Waals surface area (Å²) in [5.41, 5.74) is 1.29. The molecule has 0 radical (unpaired) electrons. The van der Waals surface area contributed by atoms with Crippen LogP contribution in [-0.4, -0.2) is 32.9 Å². The number of methoxy groups -OCH3 is 1. The van der Waals surface area contributed by atoms with Gasteiger partial charge in [-0.25, -0.2) is 0 Å². The van der Waals surface area contributed by atoms with Crippen molar-refractivity contribution in [3.05, 3.63) is 29.8 Å². The molecule has 3 nitrogen and oxygen atoms in total. The van der Waals surface area contributed by atoms with Crippen LogP contribution in [0.2, 0.25) is 0 Å². The van der Waals surface area contributed by atoms with Crippen LogP contribution in [0.1, 0.15) is 19.4 Å². The highest BCUT2D eigenvalue weighted by molar-refractivity contribution is 5.27. The maximum Gasteiger partial charge on any atom is 0.118 e. The Hall–Kier alpha value is -1.06. The molecule has 3 heteroatoms. The Bertz CT molecular complexity index is 309. The van der Waals surface area contributed by atoms with Crippen molar-refractivity contribution in [2.24, 2.45) is 0 Å². The molecule has 0 aliphatic heterocycles. The van der Waals surface area contributed by atoms with E-state index in [0.29, 0.717) is 6.04 Å². The number of hydrogen-bond acceptors (Lipinski definition) is 3. The molecule has 0 heterocycles. The molecule has 1 aromatic carbocycles. The van der Waals surface area contributed by atoms with Crippen LogP contribution >= 0.6 is 0 Å². The lowest BCUT2D eigenvalue weighted by Gasteiger charge is -2.18. The van der Waals surface area contributed by atoms with Gasteiger partial charge in [-0.15, -0.1) is 0 Å². The van der Waals surface area contributed by atoms with Crippen LogP contribution in [0.25, 0.3) is 0 Å². The van der Waals surface area contributed by atoms with Crippen LogP contribution in [0.4, 0.5) is 0 Å². The summed E-state index contributed by atoms with van der Waals surface area (Å²) in [6, 6.07) is 8.53. The first-order valence-electron chi connectivity index (χ1n) is 6.07. The number of nitrogens with one attached hydrogen (secondary N) is 1. The highest BCUT2D eigenvalue weighted by Gasteiger charge is 2.08. The first-order valence-corrected chi connectivity index (χ1v) is 6.07. The molecule has 1 aromatic rings. The maximum absolute atomic E-state index is 5.62. The average Bonchev–Trinajstić information content (AvgIpc) is 2.35. The summed E-state index contributed by atoms with van der Waals surface area (Å²) in [7, 11) is 3.65. The van der Waals surface area contributed by atoms with Gasteiger partial charge in [0.1, 0.15) is 5.75 Å². The molecule has 0 saturated carbocycles. The predicted molar refractivity (Wildman–Crippen MR) is 70.6 cm³/mol. The smallest absolute Gasteiger partial charge is 0.118 e. The summed E-state index contributed by atoms with van der Waals surface area (Å²) in [4.78, 5) is 0. The normalized spacial score (nSPS) is 12.8. The highest BCUT2D eigenvalue weighted by atomic mass is 16.5. The molecule has 1 atom stereocenters. The van der Waals surface area contributed by atoms with Gasteiger partial charge in [-0.1, -0.05) is 12.1 Å². The van der Waals surface area contributed by atoms with E-state index in [-0.39, 0.29) is 6.10 Å². The third kappa shape index (κ3) is 5.20. The van der Waals surface area contributed by atoms with Crippen molar-refractivity contribution < 1.29 is 9.47 Å². The summed E-state index contributed by atoms with van der Waals surface area (Å²) in [6.45, 7) is 4.85. The van der Waals surface area contributed by atoms with Crippen molar-refractivity contribution >= 4 is 0 Å². The summed E-state index contributed by atoms with van der Waals surface area (Å²) >= 11 is 0. The first kappa shape index (κ1) is 14.0. The molecule has 96 valence electrons. The van der Waals surface area contributed by atoms with Gasteiger partial charge < -0.3 is 14.8 Å². The summed E-state index contributed by atoms with van der Waals surface area (Å²) < 4.78 is 10.8. The van der Waals surface area contributed by atoms with Crippen molar-refractivity contribution in [1.82, 2.24) is 5.32 Å². The second-order valence-electron chi connectivity index (χ2n) is 4.42. The summed E-state index contributed by atoms with van der Waals surface area (Å²) in [5.74, 6) is 0.896. The minimum absolute atomic E-state index is 0.279. The van der Waals surface area contributed by atoms with Crippen molar-refractivity contribution in [3.63, 3.8) is 0 Å². The van der Waals surface area contributed by atoms with Gasteiger partial charge in [0.05, 0.1) is 19.8 Å². The van der Waals surface area contributed by atoms with Crippen LogP contribution < -0.4 is 10.1 Å². The SMILES string of the molecule is CNC(COC(C)C)Cc1ccc(OC)cc1. The van der Waals surface area contributed by atoms with Crippen LogP contribution in [0, 0.1) is 0 Å². The Balaban J connectivity index is 2.48. The van der Waals surface area contributed by atoms with Gasteiger partial charge in [-0.05, 0) is 45.0 Å². The molecular weight excluding hydrogens is 214 g/mol. The molecule has 0 amide bonds.